The Hall–Kier alpha value is -3.95. The van der Waals surface area contributed by atoms with Crippen LogP contribution in [0.2, 0.25) is 0 Å². The predicted molar refractivity (Wildman–Crippen MR) is 127 cm³/mol. The standard InChI is InChI=1S/C25H29N5O5/c1-15(2)21(27-23(32)20-7-5-13-34-20)25(33)30-12-4-6-18(14-30)24-28-22(29-35-24)17-8-10-19(11-9-17)26-16(3)31/h5,7-11,13,15,18,21H,4,6,12,14H2,1-3H3,(H,26,31)(H,27,32)/t18-,21-/m0/s1. The van der Waals surface area contributed by atoms with Crippen LogP contribution in [0.1, 0.15) is 56.0 Å². The molecule has 0 saturated carbocycles. The summed E-state index contributed by atoms with van der Waals surface area (Å²) >= 11 is 0. The number of nitrogens with zero attached hydrogens (tertiary/aromatic N) is 3. The number of likely N-dealkylation sites (tertiary alicyclic amines) is 1. The average Bonchev–Trinajstić information content (AvgIpc) is 3.55. The zero-order valence-corrected chi connectivity index (χ0v) is 20.0. The molecule has 0 aliphatic carbocycles. The molecule has 0 radical (unpaired) electrons. The lowest BCUT2D eigenvalue weighted by atomic mass is 9.95. The van der Waals surface area contributed by atoms with E-state index in [9.17, 15) is 14.4 Å². The zero-order valence-electron chi connectivity index (χ0n) is 20.0. The number of hydrogen-bond donors (Lipinski definition) is 2. The van der Waals surface area contributed by atoms with Crippen molar-refractivity contribution in [1.29, 1.82) is 0 Å². The van der Waals surface area contributed by atoms with E-state index in [0.717, 1.165) is 18.4 Å². The number of rotatable bonds is 7. The number of amides is 3. The Kier molecular flexibility index (Phi) is 7.28. The minimum Gasteiger partial charge on any atom is -0.459 e. The molecule has 2 aromatic heterocycles. The number of benzene rings is 1. The lowest BCUT2D eigenvalue weighted by Crippen LogP contribution is -2.53. The first-order valence-electron chi connectivity index (χ1n) is 11.7. The predicted octanol–water partition coefficient (Wildman–Crippen LogP) is 3.45. The van der Waals surface area contributed by atoms with Gasteiger partial charge in [0.2, 0.25) is 23.5 Å². The number of carbonyl (C=O) groups excluding carboxylic acids is 3. The molecule has 2 N–H and O–H groups in total. The van der Waals surface area contributed by atoms with Crippen LogP contribution in [0.4, 0.5) is 5.69 Å². The van der Waals surface area contributed by atoms with Crippen molar-refractivity contribution in [3.63, 3.8) is 0 Å². The van der Waals surface area contributed by atoms with Crippen LogP contribution >= 0.6 is 0 Å². The molecule has 3 aromatic rings. The van der Waals surface area contributed by atoms with Gasteiger partial charge in [-0.15, -0.1) is 0 Å². The number of aromatic nitrogens is 2. The molecule has 1 aromatic carbocycles. The van der Waals surface area contributed by atoms with E-state index in [1.54, 1.807) is 29.2 Å². The molecule has 184 valence electrons. The Morgan fingerprint density at radius 1 is 1.14 bits per heavy atom. The minimum absolute atomic E-state index is 0.0961. The van der Waals surface area contributed by atoms with E-state index in [1.807, 2.05) is 26.0 Å². The summed E-state index contributed by atoms with van der Waals surface area (Å²) in [4.78, 5) is 43.3. The molecule has 35 heavy (non-hydrogen) atoms. The van der Waals surface area contributed by atoms with Gasteiger partial charge in [0.05, 0.1) is 12.2 Å². The fourth-order valence-corrected chi connectivity index (χ4v) is 4.13. The molecule has 3 heterocycles. The van der Waals surface area contributed by atoms with Gasteiger partial charge in [-0.2, -0.15) is 4.98 Å². The van der Waals surface area contributed by atoms with Gasteiger partial charge in [0, 0.05) is 31.3 Å². The topological polar surface area (TPSA) is 131 Å². The second-order valence-corrected chi connectivity index (χ2v) is 9.01. The SMILES string of the molecule is CC(=O)Nc1ccc(-c2noc([C@H]3CCCN(C(=O)[C@@H](NC(=O)c4ccco4)C(C)C)C3)n2)cc1. The summed E-state index contributed by atoms with van der Waals surface area (Å²) in [6, 6.07) is 9.69. The second-order valence-electron chi connectivity index (χ2n) is 9.01. The first-order chi connectivity index (χ1) is 16.8. The van der Waals surface area contributed by atoms with Gasteiger partial charge < -0.3 is 24.5 Å². The highest BCUT2D eigenvalue weighted by molar-refractivity contribution is 5.95. The molecule has 0 bridgehead atoms. The molecule has 1 saturated heterocycles. The van der Waals surface area contributed by atoms with Crippen molar-refractivity contribution in [3.05, 3.63) is 54.3 Å². The Morgan fingerprint density at radius 3 is 2.57 bits per heavy atom. The van der Waals surface area contributed by atoms with Crippen molar-refractivity contribution in [2.45, 2.75) is 45.6 Å². The van der Waals surface area contributed by atoms with Crippen LogP contribution in [0.5, 0.6) is 0 Å². The van der Waals surface area contributed by atoms with Gasteiger partial charge in [-0.1, -0.05) is 19.0 Å². The zero-order chi connectivity index (χ0) is 24.9. The molecule has 4 rings (SSSR count). The van der Waals surface area contributed by atoms with Gasteiger partial charge in [0.1, 0.15) is 6.04 Å². The van der Waals surface area contributed by atoms with Gasteiger partial charge >= 0.3 is 0 Å². The van der Waals surface area contributed by atoms with Crippen LogP contribution < -0.4 is 10.6 Å². The highest BCUT2D eigenvalue weighted by atomic mass is 16.5. The lowest BCUT2D eigenvalue weighted by molar-refractivity contribution is -0.135. The van der Waals surface area contributed by atoms with Gasteiger partial charge in [-0.05, 0) is 55.2 Å². The molecular weight excluding hydrogens is 450 g/mol. The van der Waals surface area contributed by atoms with Crippen molar-refractivity contribution in [2.75, 3.05) is 18.4 Å². The highest BCUT2D eigenvalue weighted by Gasteiger charge is 2.34. The Labute approximate surface area is 203 Å². The van der Waals surface area contributed by atoms with E-state index in [4.69, 9.17) is 8.94 Å². The Balaban J connectivity index is 1.43. The van der Waals surface area contributed by atoms with E-state index in [0.29, 0.717) is 30.5 Å². The molecule has 0 spiro atoms. The van der Waals surface area contributed by atoms with Crippen molar-refractivity contribution >= 4 is 23.4 Å². The van der Waals surface area contributed by atoms with Crippen molar-refractivity contribution in [3.8, 4) is 11.4 Å². The maximum Gasteiger partial charge on any atom is 0.287 e. The van der Waals surface area contributed by atoms with E-state index in [-0.39, 0.29) is 29.4 Å². The number of hydrogen-bond acceptors (Lipinski definition) is 7. The summed E-state index contributed by atoms with van der Waals surface area (Å²) in [5.41, 5.74) is 1.45. The summed E-state index contributed by atoms with van der Waals surface area (Å²) in [5.74, 6) is 0.200. The number of furan rings is 1. The molecule has 1 aliphatic heterocycles. The number of nitrogens with one attached hydrogen (secondary N) is 2. The van der Waals surface area contributed by atoms with Gasteiger partial charge in [0.25, 0.3) is 5.91 Å². The number of piperidine rings is 1. The first-order valence-corrected chi connectivity index (χ1v) is 11.7. The molecule has 2 atom stereocenters. The van der Waals surface area contributed by atoms with Crippen molar-refractivity contribution < 1.29 is 23.3 Å². The quantitative estimate of drug-likeness (QED) is 0.531. The van der Waals surface area contributed by atoms with Crippen molar-refractivity contribution in [1.82, 2.24) is 20.4 Å². The van der Waals surface area contributed by atoms with E-state index < -0.39 is 11.9 Å². The maximum atomic E-state index is 13.3. The third-order valence-electron chi connectivity index (χ3n) is 5.95. The third kappa shape index (κ3) is 5.76. The smallest absolute Gasteiger partial charge is 0.287 e. The molecule has 10 nitrogen and oxygen atoms in total. The minimum atomic E-state index is -0.674. The van der Waals surface area contributed by atoms with Gasteiger partial charge in [-0.3, -0.25) is 14.4 Å². The summed E-state index contributed by atoms with van der Waals surface area (Å²) in [7, 11) is 0. The van der Waals surface area contributed by atoms with E-state index in [2.05, 4.69) is 20.8 Å². The van der Waals surface area contributed by atoms with Gasteiger partial charge in [-0.25, -0.2) is 0 Å². The molecule has 0 unspecified atom stereocenters. The molecule has 10 heteroatoms. The highest BCUT2D eigenvalue weighted by Crippen LogP contribution is 2.28. The first kappa shape index (κ1) is 24.2. The lowest BCUT2D eigenvalue weighted by Gasteiger charge is -2.34. The van der Waals surface area contributed by atoms with Crippen LogP contribution in [0, 0.1) is 5.92 Å². The van der Waals surface area contributed by atoms with Gasteiger partial charge in [0.15, 0.2) is 5.76 Å². The largest absolute Gasteiger partial charge is 0.459 e. The Morgan fingerprint density at radius 2 is 1.91 bits per heavy atom. The van der Waals surface area contributed by atoms with E-state index in [1.165, 1.54) is 13.2 Å². The average molecular weight is 480 g/mol. The van der Waals surface area contributed by atoms with Crippen LogP contribution in [0.3, 0.4) is 0 Å². The number of carbonyl (C=O) groups is 3. The van der Waals surface area contributed by atoms with Crippen molar-refractivity contribution in [2.24, 2.45) is 5.92 Å². The molecular formula is C25H29N5O5. The monoisotopic (exact) mass is 479 g/mol. The van der Waals surface area contributed by atoms with Crippen LogP contribution in [-0.4, -0.2) is 51.9 Å². The molecule has 1 aliphatic rings. The van der Waals surface area contributed by atoms with Crippen LogP contribution in [-0.2, 0) is 9.59 Å². The summed E-state index contributed by atoms with van der Waals surface area (Å²) in [6.45, 7) is 6.28. The van der Waals surface area contributed by atoms with Crippen LogP contribution in [0.15, 0.2) is 51.6 Å². The third-order valence-corrected chi connectivity index (χ3v) is 5.95. The second kappa shape index (κ2) is 10.5. The fraction of sp³-hybridized carbons (Fsp3) is 0.400. The van der Waals surface area contributed by atoms with E-state index >= 15 is 0 Å². The normalized spacial score (nSPS) is 16.7. The molecule has 3 amide bonds. The summed E-state index contributed by atoms with van der Waals surface area (Å²) in [6.07, 6.45) is 3.03. The summed E-state index contributed by atoms with van der Waals surface area (Å²) in [5, 5.41) is 9.64. The number of anilines is 1. The Bertz CT molecular complexity index is 1170. The molecule has 1 fully saturated rings. The summed E-state index contributed by atoms with van der Waals surface area (Å²) < 4.78 is 10.7. The van der Waals surface area contributed by atoms with Crippen LogP contribution in [0.25, 0.3) is 11.4 Å². The fourth-order valence-electron chi connectivity index (χ4n) is 4.13. The maximum absolute atomic E-state index is 13.3.